The first-order valence-electron chi connectivity index (χ1n) is 7.78. The van der Waals surface area contributed by atoms with Crippen molar-refractivity contribution in [2.45, 2.75) is 44.1 Å². The van der Waals surface area contributed by atoms with Gasteiger partial charge in [-0.3, -0.25) is 19.2 Å². The summed E-state index contributed by atoms with van der Waals surface area (Å²) in [6, 6.07) is 0. The zero-order valence-corrected chi connectivity index (χ0v) is 12.5. The van der Waals surface area contributed by atoms with Crippen LogP contribution in [0.25, 0.3) is 0 Å². The molecule has 3 aliphatic rings. The lowest BCUT2D eigenvalue weighted by Crippen LogP contribution is -2.58. The maximum absolute atomic E-state index is 12.5. The van der Waals surface area contributed by atoms with Crippen molar-refractivity contribution in [1.82, 2.24) is 0 Å². The molecule has 0 radical (unpaired) electrons. The van der Waals surface area contributed by atoms with Crippen molar-refractivity contribution in [2.75, 3.05) is 7.11 Å². The predicted molar refractivity (Wildman–Crippen MR) is 73.6 cm³/mol. The van der Waals surface area contributed by atoms with Gasteiger partial charge in [-0.1, -0.05) is 0 Å². The number of fused-ring (bicyclic) bond motifs is 3. The largest absolute Gasteiger partial charge is 0.468 e. The Morgan fingerprint density at radius 3 is 2.45 bits per heavy atom. The van der Waals surface area contributed by atoms with Gasteiger partial charge in [-0.2, -0.15) is 0 Å². The van der Waals surface area contributed by atoms with Gasteiger partial charge in [0.2, 0.25) is 0 Å². The standard InChI is InChI=1S/C16H20O6/c1-22-15(20)13-11(18)6-7-16(21)9-3-5-10(17)8(9)2-4-12(19)14(13)16/h8-9,13-14,21H,2-7H2,1H3/t8-,9+,13+,14-,16-/m0/s1. The van der Waals surface area contributed by atoms with Crippen molar-refractivity contribution in [1.29, 1.82) is 0 Å². The third kappa shape index (κ3) is 2.04. The molecule has 0 heterocycles. The van der Waals surface area contributed by atoms with Crippen LogP contribution < -0.4 is 0 Å². The van der Waals surface area contributed by atoms with Crippen LogP contribution in [0.2, 0.25) is 0 Å². The summed E-state index contributed by atoms with van der Waals surface area (Å²) in [5, 5.41) is 11.2. The normalized spacial score (nSPS) is 41.6. The Hall–Kier alpha value is -1.56. The van der Waals surface area contributed by atoms with Gasteiger partial charge in [-0.05, 0) is 25.2 Å². The number of ketones is 3. The van der Waals surface area contributed by atoms with E-state index in [-0.39, 0.29) is 48.4 Å². The van der Waals surface area contributed by atoms with Gasteiger partial charge in [-0.25, -0.2) is 0 Å². The number of hydrogen-bond acceptors (Lipinski definition) is 6. The summed E-state index contributed by atoms with van der Waals surface area (Å²) in [5.74, 6) is -4.29. The molecular weight excluding hydrogens is 288 g/mol. The molecule has 3 rings (SSSR count). The Morgan fingerprint density at radius 2 is 1.77 bits per heavy atom. The third-order valence-corrected chi connectivity index (χ3v) is 5.74. The molecule has 120 valence electrons. The van der Waals surface area contributed by atoms with Gasteiger partial charge in [0.15, 0.2) is 0 Å². The molecule has 0 aliphatic heterocycles. The number of rotatable bonds is 1. The van der Waals surface area contributed by atoms with E-state index in [1.54, 1.807) is 0 Å². The number of esters is 1. The summed E-state index contributed by atoms with van der Waals surface area (Å²) in [6.07, 6.45) is 1.63. The Kier molecular flexibility index (Phi) is 3.67. The van der Waals surface area contributed by atoms with Crippen LogP contribution in [-0.4, -0.2) is 41.1 Å². The monoisotopic (exact) mass is 308 g/mol. The van der Waals surface area contributed by atoms with Crippen molar-refractivity contribution < 1.29 is 29.0 Å². The summed E-state index contributed by atoms with van der Waals surface area (Å²) >= 11 is 0. The third-order valence-electron chi connectivity index (χ3n) is 5.74. The average Bonchev–Trinajstić information content (AvgIpc) is 2.82. The maximum Gasteiger partial charge on any atom is 0.317 e. The molecule has 0 saturated heterocycles. The Labute approximate surface area is 128 Å². The molecule has 0 unspecified atom stereocenters. The van der Waals surface area contributed by atoms with Crippen LogP contribution in [0.5, 0.6) is 0 Å². The molecular formula is C16H20O6. The summed E-state index contributed by atoms with van der Waals surface area (Å²) in [5.41, 5.74) is -1.45. The van der Waals surface area contributed by atoms with E-state index >= 15 is 0 Å². The average molecular weight is 308 g/mol. The van der Waals surface area contributed by atoms with E-state index in [2.05, 4.69) is 4.74 Å². The second kappa shape index (κ2) is 5.26. The fourth-order valence-corrected chi connectivity index (χ4v) is 4.71. The summed E-state index contributed by atoms with van der Waals surface area (Å²) in [6.45, 7) is 0. The van der Waals surface area contributed by atoms with Crippen molar-refractivity contribution >= 4 is 23.3 Å². The SMILES string of the molecule is COC(=O)[C@@H]1C(=O)CC[C@]2(O)[C@@H]3CCC(=O)[C@H]3CCC(=O)[C@@H]12. The molecule has 6 nitrogen and oxygen atoms in total. The van der Waals surface area contributed by atoms with E-state index in [0.29, 0.717) is 19.3 Å². The molecule has 0 aromatic carbocycles. The zero-order valence-electron chi connectivity index (χ0n) is 12.5. The molecule has 1 N–H and O–H groups in total. The number of ether oxygens (including phenoxy) is 1. The first kappa shape index (κ1) is 15.3. The molecule has 22 heavy (non-hydrogen) atoms. The van der Waals surface area contributed by atoms with E-state index in [4.69, 9.17) is 0 Å². The predicted octanol–water partition coefficient (Wildman–Crippen LogP) is 0.444. The quantitative estimate of drug-likeness (QED) is 0.558. The van der Waals surface area contributed by atoms with E-state index in [1.165, 1.54) is 7.11 Å². The van der Waals surface area contributed by atoms with Gasteiger partial charge in [0, 0.05) is 25.2 Å². The summed E-state index contributed by atoms with van der Waals surface area (Å²) in [7, 11) is 1.17. The van der Waals surface area contributed by atoms with Crippen molar-refractivity contribution in [3.05, 3.63) is 0 Å². The van der Waals surface area contributed by atoms with Gasteiger partial charge in [0.25, 0.3) is 0 Å². The highest BCUT2D eigenvalue weighted by atomic mass is 16.5. The van der Waals surface area contributed by atoms with Crippen LogP contribution in [0.4, 0.5) is 0 Å². The molecule has 0 bridgehead atoms. The highest BCUT2D eigenvalue weighted by molar-refractivity contribution is 6.05. The van der Waals surface area contributed by atoms with Crippen LogP contribution in [0.1, 0.15) is 38.5 Å². The topological polar surface area (TPSA) is 97.7 Å². The number of carbonyl (C=O) groups excluding carboxylic acids is 4. The lowest BCUT2D eigenvalue weighted by Gasteiger charge is -2.45. The minimum Gasteiger partial charge on any atom is -0.468 e. The zero-order chi connectivity index (χ0) is 16.1. The van der Waals surface area contributed by atoms with E-state index in [9.17, 15) is 24.3 Å². The van der Waals surface area contributed by atoms with Crippen LogP contribution >= 0.6 is 0 Å². The minimum atomic E-state index is -1.45. The van der Waals surface area contributed by atoms with Crippen LogP contribution in [-0.2, 0) is 23.9 Å². The smallest absolute Gasteiger partial charge is 0.317 e. The Balaban J connectivity index is 2.06. The van der Waals surface area contributed by atoms with Gasteiger partial charge in [-0.15, -0.1) is 0 Å². The highest BCUT2D eigenvalue weighted by Crippen LogP contribution is 2.52. The van der Waals surface area contributed by atoms with Crippen LogP contribution in [0, 0.1) is 23.7 Å². The fourth-order valence-electron chi connectivity index (χ4n) is 4.71. The molecule has 3 saturated carbocycles. The maximum atomic E-state index is 12.5. The Morgan fingerprint density at radius 1 is 1.09 bits per heavy atom. The minimum absolute atomic E-state index is 0.0391. The van der Waals surface area contributed by atoms with Crippen molar-refractivity contribution in [3.8, 4) is 0 Å². The van der Waals surface area contributed by atoms with Crippen molar-refractivity contribution in [2.24, 2.45) is 23.7 Å². The molecule has 0 spiro atoms. The molecule has 3 fully saturated rings. The first-order chi connectivity index (χ1) is 10.4. The van der Waals surface area contributed by atoms with Gasteiger partial charge in [0.05, 0.1) is 18.6 Å². The molecule has 0 aromatic rings. The van der Waals surface area contributed by atoms with E-state index in [0.717, 1.165) is 0 Å². The lowest BCUT2D eigenvalue weighted by atomic mass is 9.61. The van der Waals surface area contributed by atoms with Gasteiger partial charge >= 0.3 is 5.97 Å². The molecule has 5 atom stereocenters. The number of Topliss-reactive ketones (excluding diaryl/α,β-unsaturated/α-hetero) is 3. The fraction of sp³-hybridized carbons (Fsp3) is 0.750. The van der Waals surface area contributed by atoms with E-state index in [1.807, 2.05) is 0 Å². The van der Waals surface area contributed by atoms with Gasteiger partial charge in [0.1, 0.15) is 23.3 Å². The summed E-state index contributed by atoms with van der Waals surface area (Å²) in [4.78, 5) is 48.8. The molecule has 3 aliphatic carbocycles. The van der Waals surface area contributed by atoms with Crippen LogP contribution in [0.15, 0.2) is 0 Å². The van der Waals surface area contributed by atoms with E-state index < -0.39 is 23.4 Å². The summed E-state index contributed by atoms with van der Waals surface area (Å²) < 4.78 is 4.69. The Bertz CT molecular complexity index is 545. The second-order valence-corrected chi connectivity index (χ2v) is 6.66. The second-order valence-electron chi connectivity index (χ2n) is 6.66. The number of methoxy groups -OCH3 is 1. The number of aliphatic hydroxyl groups is 1. The molecule has 6 heteroatoms. The number of carbonyl (C=O) groups is 4. The lowest BCUT2D eigenvalue weighted by molar-refractivity contribution is -0.174. The molecule has 0 aromatic heterocycles. The number of hydrogen-bond donors (Lipinski definition) is 1. The van der Waals surface area contributed by atoms with Crippen molar-refractivity contribution in [3.63, 3.8) is 0 Å². The van der Waals surface area contributed by atoms with Crippen LogP contribution in [0.3, 0.4) is 0 Å². The highest BCUT2D eigenvalue weighted by Gasteiger charge is 2.62. The van der Waals surface area contributed by atoms with Gasteiger partial charge < -0.3 is 9.84 Å². The molecule has 0 amide bonds. The first-order valence-corrected chi connectivity index (χ1v) is 7.78.